The Kier molecular flexibility index (Phi) is 12.8. The highest BCUT2D eigenvalue weighted by Gasteiger charge is 2.38. The Morgan fingerprint density at radius 1 is 1.09 bits per heavy atom. The highest BCUT2D eigenvalue weighted by Crippen LogP contribution is 2.36. The number of carbonyl (C=O) groups excluding carboxylic acids is 1. The van der Waals surface area contributed by atoms with Gasteiger partial charge < -0.3 is 30.4 Å². The molecule has 1 aromatic heterocycles. The first-order valence-electron chi connectivity index (χ1n) is 13.8. The fourth-order valence-corrected chi connectivity index (χ4v) is 4.42. The molecule has 3 aromatic rings. The van der Waals surface area contributed by atoms with Gasteiger partial charge in [-0.05, 0) is 37.3 Å². The molecule has 2 heterocycles. The third-order valence-electron chi connectivity index (χ3n) is 6.51. The highest BCUT2D eigenvalue weighted by atomic mass is 35.5. The normalized spacial score (nSPS) is 14.6. The number of nitrogens with one attached hydrogen (secondary N) is 1. The zero-order valence-corrected chi connectivity index (χ0v) is 25.6. The highest BCUT2D eigenvalue weighted by molar-refractivity contribution is 6.30. The second-order valence-electron chi connectivity index (χ2n) is 9.65. The van der Waals surface area contributed by atoms with Crippen LogP contribution in [0.3, 0.4) is 0 Å². The first kappa shape index (κ1) is 35.4. The van der Waals surface area contributed by atoms with E-state index >= 15 is 0 Å². The van der Waals surface area contributed by atoms with Crippen molar-refractivity contribution in [1.29, 1.82) is 0 Å². The molecule has 4 N–H and O–H groups in total. The number of aromatic nitrogens is 3. The van der Waals surface area contributed by atoms with Gasteiger partial charge in [0.05, 0.1) is 50.9 Å². The maximum Gasteiger partial charge on any atom is 0.490 e. The topological polar surface area (TPSA) is 163 Å². The number of nitrogens with two attached hydrogens (primary N) is 1. The van der Waals surface area contributed by atoms with Crippen LogP contribution in [0.4, 0.5) is 13.2 Å². The molecule has 0 bridgehead atoms. The minimum absolute atomic E-state index is 0.159. The predicted molar refractivity (Wildman–Crippen MR) is 159 cm³/mol. The van der Waals surface area contributed by atoms with Crippen molar-refractivity contribution >= 4 is 29.2 Å². The summed E-state index contributed by atoms with van der Waals surface area (Å²) >= 11 is 6.17. The minimum atomic E-state index is -5.08. The molecule has 2 atom stereocenters. The first-order chi connectivity index (χ1) is 21.4. The molecular formula is C29H34ClF3N6O6. The number of aliphatic carboxylic acids is 1. The lowest BCUT2D eigenvalue weighted by molar-refractivity contribution is -0.192. The number of carbonyl (C=O) groups is 2. The van der Waals surface area contributed by atoms with Crippen molar-refractivity contribution in [1.82, 2.24) is 20.1 Å². The second-order valence-corrected chi connectivity index (χ2v) is 10.1. The first-order valence-corrected chi connectivity index (χ1v) is 14.1. The average molecular weight is 655 g/mol. The van der Waals surface area contributed by atoms with Gasteiger partial charge in [-0.3, -0.25) is 14.4 Å². The van der Waals surface area contributed by atoms with Gasteiger partial charge in [-0.15, -0.1) is 10.2 Å². The fourth-order valence-electron chi connectivity index (χ4n) is 4.29. The van der Waals surface area contributed by atoms with Crippen molar-refractivity contribution in [2.45, 2.75) is 26.1 Å². The van der Waals surface area contributed by atoms with Crippen molar-refractivity contribution in [3.8, 4) is 11.4 Å². The van der Waals surface area contributed by atoms with E-state index in [0.717, 1.165) is 16.8 Å². The average Bonchev–Trinajstić information content (AvgIpc) is 3.32. The van der Waals surface area contributed by atoms with Crippen LogP contribution in [0.1, 0.15) is 35.7 Å². The number of halogens is 4. The summed E-state index contributed by atoms with van der Waals surface area (Å²) < 4.78 is 50.0. The van der Waals surface area contributed by atoms with Crippen LogP contribution in [-0.2, 0) is 19.1 Å². The molecule has 1 amide bonds. The van der Waals surface area contributed by atoms with Gasteiger partial charge in [0.2, 0.25) is 5.91 Å². The zero-order chi connectivity index (χ0) is 33.1. The van der Waals surface area contributed by atoms with Crippen LogP contribution in [0.15, 0.2) is 47.5 Å². The van der Waals surface area contributed by atoms with Crippen LogP contribution in [0.5, 0.6) is 5.75 Å². The lowest BCUT2D eigenvalue weighted by Crippen LogP contribution is -2.35. The van der Waals surface area contributed by atoms with Crippen LogP contribution >= 0.6 is 11.6 Å². The Balaban J connectivity index is 0.000000707. The number of hydrogen-bond acceptors (Lipinski definition) is 9. The Labute approximate surface area is 262 Å². The largest absolute Gasteiger partial charge is 0.497 e. The molecule has 1 aliphatic rings. The van der Waals surface area contributed by atoms with E-state index in [2.05, 4.69) is 15.5 Å². The molecule has 0 unspecified atom stereocenters. The van der Waals surface area contributed by atoms with Gasteiger partial charge in [0.15, 0.2) is 5.82 Å². The Bertz CT molecular complexity index is 1480. The monoisotopic (exact) mass is 654 g/mol. The molecule has 12 nitrogen and oxygen atoms in total. The predicted octanol–water partition coefficient (Wildman–Crippen LogP) is 3.51. The van der Waals surface area contributed by atoms with Crippen molar-refractivity contribution < 1.29 is 42.1 Å². The SMILES string of the molecule is COc1ccc2c(c1)C(c1ccc(Cl)cc1)=N[C@@H]([C@@H](C)C(=O)NCCOCCOCCN)c1nnc(C)n1-2.O=C(O)C(F)(F)F. The number of carboxylic acids is 1. The number of methoxy groups -OCH3 is 1. The van der Waals surface area contributed by atoms with E-state index in [9.17, 15) is 18.0 Å². The fraction of sp³-hybridized carbons (Fsp3) is 0.414. The van der Waals surface area contributed by atoms with Gasteiger partial charge >= 0.3 is 12.1 Å². The van der Waals surface area contributed by atoms with E-state index in [1.54, 1.807) is 7.11 Å². The van der Waals surface area contributed by atoms with Gasteiger partial charge in [0.25, 0.3) is 0 Å². The van der Waals surface area contributed by atoms with Gasteiger partial charge in [-0.1, -0.05) is 30.7 Å². The van der Waals surface area contributed by atoms with E-state index in [-0.39, 0.29) is 5.91 Å². The molecule has 0 saturated carbocycles. The van der Waals surface area contributed by atoms with E-state index in [4.69, 9.17) is 46.4 Å². The number of nitrogens with zero attached hydrogens (tertiary/aromatic N) is 4. The second kappa shape index (κ2) is 16.3. The summed E-state index contributed by atoms with van der Waals surface area (Å²) in [5, 5.41) is 19.5. The van der Waals surface area contributed by atoms with Crippen LogP contribution in [0.25, 0.3) is 5.69 Å². The molecular weight excluding hydrogens is 621 g/mol. The number of amides is 1. The van der Waals surface area contributed by atoms with E-state index in [0.29, 0.717) is 67.6 Å². The molecule has 244 valence electrons. The molecule has 0 aliphatic carbocycles. The molecule has 0 fully saturated rings. The maximum absolute atomic E-state index is 13.2. The van der Waals surface area contributed by atoms with Gasteiger partial charge in [0.1, 0.15) is 17.6 Å². The maximum atomic E-state index is 13.2. The number of fused-ring (bicyclic) bond motifs is 3. The van der Waals surface area contributed by atoms with E-state index in [1.165, 1.54) is 0 Å². The number of ether oxygens (including phenoxy) is 3. The molecule has 0 spiro atoms. The summed E-state index contributed by atoms with van der Waals surface area (Å²) in [6, 6.07) is 12.7. The smallest absolute Gasteiger partial charge is 0.490 e. The van der Waals surface area contributed by atoms with Crippen molar-refractivity contribution in [3.63, 3.8) is 0 Å². The number of rotatable bonds is 12. The van der Waals surface area contributed by atoms with Crippen molar-refractivity contribution in [2.75, 3.05) is 46.6 Å². The lowest BCUT2D eigenvalue weighted by atomic mass is 9.98. The lowest BCUT2D eigenvalue weighted by Gasteiger charge is -2.19. The summed E-state index contributed by atoms with van der Waals surface area (Å²) in [6.07, 6.45) is -5.08. The Hall–Kier alpha value is -4.05. The Morgan fingerprint density at radius 2 is 1.73 bits per heavy atom. The summed E-state index contributed by atoms with van der Waals surface area (Å²) in [7, 11) is 1.62. The summed E-state index contributed by atoms with van der Waals surface area (Å²) in [5.41, 5.74) is 8.68. The standard InChI is InChI=1S/C27H33ClN6O4.C2HF3O2/c1-17(27(35)30-11-13-38-15-14-37-12-10-29)24-26-33-32-18(2)34(26)23-9-8-21(36-3)16-22(23)25(31-24)19-4-6-20(28)7-5-19;3-2(4,5)1(6)7/h4-9,16-17,24H,10-15,29H2,1-3H3,(H,30,35);(H,6,7)/t17-,24+;/m1./s1. The third kappa shape index (κ3) is 9.47. The van der Waals surface area contributed by atoms with E-state index < -0.39 is 24.1 Å². The third-order valence-corrected chi connectivity index (χ3v) is 6.76. The summed E-state index contributed by atoms with van der Waals surface area (Å²) in [5.74, 6) is -1.48. The van der Waals surface area contributed by atoms with Gasteiger partial charge in [0, 0.05) is 29.2 Å². The van der Waals surface area contributed by atoms with Crippen LogP contribution in [-0.4, -0.2) is 90.3 Å². The summed E-state index contributed by atoms with van der Waals surface area (Å²) in [6.45, 7) is 6.34. The molecule has 1 aliphatic heterocycles. The number of carboxylic acid groups (broad SMARTS) is 1. The molecule has 45 heavy (non-hydrogen) atoms. The molecule has 2 aromatic carbocycles. The quantitative estimate of drug-likeness (QED) is 0.248. The molecule has 16 heteroatoms. The Morgan fingerprint density at radius 3 is 2.33 bits per heavy atom. The minimum Gasteiger partial charge on any atom is -0.497 e. The van der Waals surface area contributed by atoms with Crippen LogP contribution in [0.2, 0.25) is 5.02 Å². The summed E-state index contributed by atoms with van der Waals surface area (Å²) in [4.78, 5) is 27.3. The van der Waals surface area contributed by atoms with Crippen LogP contribution < -0.4 is 15.8 Å². The van der Waals surface area contributed by atoms with Gasteiger partial charge in [-0.25, -0.2) is 4.79 Å². The molecule has 0 radical (unpaired) electrons. The molecule has 0 saturated heterocycles. The van der Waals surface area contributed by atoms with Crippen molar-refractivity contribution in [3.05, 3.63) is 70.3 Å². The van der Waals surface area contributed by atoms with E-state index in [1.807, 2.05) is 60.9 Å². The number of hydrogen-bond donors (Lipinski definition) is 3. The van der Waals surface area contributed by atoms with Gasteiger partial charge in [-0.2, -0.15) is 13.2 Å². The number of aliphatic imine (C=N–C) groups is 1. The number of aryl methyl sites for hydroxylation is 1. The number of benzene rings is 2. The molecule has 4 rings (SSSR count). The zero-order valence-electron chi connectivity index (χ0n) is 24.8. The number of alkyl halides is 3. The van der Waals surface area contributed by atoms with Crippen LogP contribution in [0, 0.1) is 12.8 Å². The van der Waals surface area contributed by atoms with Crippen molar-refractivity contribution in [2.24, 2.45) is 16.6 Å².